The predicted octanol–water partition coefficient (Wildman–Crippen LogP) is 4.47. The van der Waals surface area contributed by atoms with Gasteiger partial charge in [-0.2, -0.15) is 0 Å². The Morgan fingerprint density at radius 1 is 0.679 bits per heavy atom. The molecule has 0 aliphatic heterocycles. The molecule has 0 bridgehead atoms. The molecule has 142 valence electrons. The monoisotopic (exact) mass is 561 g/mol. The first-order valence-corrected chi connectivity index (χ1v) is 9.37. The van der Waals surface area contributed by atoms with Crippen molar-refractivity contribution in [1.29, 1.82) is 0 Å². The average Bonchev–Trinajstić information content (AvgIpc) is 2.78. The predicted molar refractivity (Wildman–Crippen MR) is 115 cm³/mol. The summed E-state index contributed by atoms with van der Waals surface area (Å²) in [5.74, 6) is 0. The molecule has 0 amide bonds. The molecule has 0 spiro atoms. The average molecular weight is 561 g/mol. The molecule has 4 heteroatoms. The van der Waals surface area contributed by atoms with Crippen LogP contribution in [-0.4, -0.2) is 11.8 Å². The summed E-state index contributed by atoms with van der Waals surface area (Å²) in [5.41, 5.74) is 2.01. The fourth-order valence-electron chi connectivity index (χ4n) is 2.28. The number of nitrogens with zero attached hydrogens (tertiary/aromatic N) is 1. The second-order valence-electron chi connectivity index (χ2n) is 5.35. The molecule has 2 radical (unpaired) electrons. The van der Waals surface area contributed by atoms with Crippen molar-refractivity contribution in [3.63, 3.8) is 0 Å². The molecule has 0 N–H and O–H groups in total. The minimum absolute atomic E-state index is 0. The maximum atomic E-state index is 7.50. The first-order valence-electron chi connectivity index (χ1n) is 8.37. The second kappa shape index (κ2) is 14.6. The van der Waals surface area contributed by atoms with Crippen molar-refractivity contribution in [2.24, 2.45) is 0 Å². The van der Waals surface area contributed by atoms with E-state index in [9.17, 15) is 0 Å². The van der Waals surface area contributed by atoms with Gasteiger partial charge in [0.1, 0.15) is 0 Å². The molecule has 0 unspecified atom stereocenters. The van der Waals surface area contributed by atoms with Crippen molar-refractivity contribution >= 4 is 26.0 Å². The van der Waals surface area contributed by atoms with Crippen molar-refractivity contribution < 1.29 is 24.9 Å². The topological polar surface area (TPSA) is 30.0 Å². The molecule has 2 nitrogen and oxygen atoms in total. The Balaban J connectivity index is 0.000000250. The van der Waals surface area contributed by atoms with Gasteiger partial charge < -0.3 is 16.6 Å². The number of hydrogen-bond donors (Lipinski definition) is 0. The summed E-state index contributed by atoms with van der Waals surface area (Å²) in [5, 5.41) is 2.79. The molecule has 1 heterocycles. The minimum atomic E-state index is 0. The maximum Gasteiger partial charge on any atom is 0.0160 e. The van der Waals surface area contributed by atoms with Gasteiger partial charge in [0.25, 0.3) is 0 Å². The minimum Gasteiger partial charge on any atom is -0.573 e. The Morgan fingerprint density at radius 3 is 1.68 bits per heavy atom. The normalized spacial score (nSPS) is 8.86. The number of benzene rings is 3. The van der Waals surface area contributed by atoms with Crippen LogP contribution >= 0.6 is 8.58 Å². The molecule has 0 saturated carbocycles. The van der Waals surface area contributed by atoms with Crippen LogP contribution in [0, 0.1) is 6.07 Å². The summed E-state index contributed by atoms with van der Waals surface area (Å²) in [7, 11) is 0.777. The first-order chi connectivity index (χ1) is 13.4. The van der Waals surface area contributed by atoms with Crippen LogP contribution in [0.2, 0.25) is 0 Å². The summed E-state index contributed by atoms with van der Waals surface area (Å²) in [6, 6.07) is 38.0. The van der Waals surface area contributed by atoms with E-state index in [1.54, 1.807) is 6.20 Å². The summed E-state index contributed by atoms with van der Waals surface area (Å²) < 4.78 is 0. The summed E-state index contributed by atoms with van der Waals surface area (Å²) in [6.45, 7) is 4.50. The van der Waals surface area contributed by atoms with Gasteiger partial charge in [-0.25, -0.2) is 0 Å². The largest absolute Gasteiger partial charge is 0.573 e. The Hall–Kier alpha value is -2.44. The van der Waals surface area contributed by atoms with Crippen molar-refractivity contribution in [1.82, 2.24) is 4.98 Å². The third kappa shape index (κ3) is 8.50. The van der Waals surface area contributed by atoms with Crippen LogP contribution < -0.4 is 10.6 Å². The summed E-state index contributed by atoms with van der Waals surface area (Å²) >= 11 is 0. The quantitative estimate of drug-likeness (QED) is 0.274. The van der Waals surface area contributed by atoms with E-state index >= 15 is 0 Å². The molecule has 1 aromatic heterocycles. The third-order valence-corrected chi connectivity index (χ3v) is 4.73. The molecular weight excluding hydrogens is 541 g/mol. The zero-order valence-corrected chi connectivity index (χ0v) is 18.5. The second-order valence-corrected chi connectivity index (χ2v) is 6.75. The first kappa shape index (κ1) is 23.6. The van der Waals surface area contributed by atoms with E-state index in [1.807, 2.05) is 42.5 Å². The van der Waals surface area contributed by atoms with E-state index in [-0.39, 0.29) is 20.1 Å². The molecule has 0 aliphatic rings. The third-order valence-electron chi connectivity index (χ3n) is 3.49. The number of pyridine rings is 1. The van der Waals surface area contributed by atoms with Crippen LogP contribution in [0.3, 0.4) is 0 Å². The number of rotatable bonds is 3. The molecule has 28 heavy (non-hydrogen) atoms. The van der Waals surface area contributed by atoms with Gasteiger partial charge in [0.15, 0.2) is 0 Å². The van der Waals surface area contributed by atoms with Gasteiger partial charge in [-0.1, -0.05) is 81.4 Å². The standard InChI is InChI=1S/C12H11P.C11H8N.CO.Ir/c1-3-7-11(8-4-1)13-12-9-5-2-6-10-12;1-2-6-10(7-3-1)11-8-4-5-9-12-11;1-2;/h1-10,13H;1-6,8-9H;;/q;2*-1;. The van der Waals surface area contributed by atoms with Crippen LogP contribution in [-0.2, 0) is 24.9 Å². The van der Waals surface area contributed by atoms with E-state index in [1.165, 1.54) is 10.6 Å². The van der Waals surface area contributed by atoms with Gasteiger partial charge in [-0.15, -0.1) is 35.9 Å². The van der Waals surface area contributed by atoms with Gasteiger partial charge in [0.05, 0.1) is 0 Å². The molecule has 0 saturated heterocycles. The number of hydrogen-bond acceptors (Lipinski definition) is 2. The van der Waals surface area contributed by atoms with Crippen LogP contribution in [0.5, 0.6) is 0 Å². The maximum absolute atomic E-state index is 7.50. The van der Waals surface area contributed by atoms with E-state index in [2.05, 4.69) is 78.5 Å². The van der Waals surface area contributed by atoms with E-state index in [4.69, 9.17) is 4.79 Å². The van der Waals surface area contributed by atoms with Gasteiger partial charge in [0, 0.05) is 26.3 Å². The molecule has 3 aromatic carbocycles. The van der Waals surface area contributed by atoms with Gasteiger partial charge in [-0.3, -0.25) is 0 Å². The Kier molecular flexibility index (Phi) is 12.3. The molecule has 0 aliphatic carbocycles. The Bertz CT molecular complexity index is 800. The van der Waals surface area contributed by atoms with Gasteiger partial charge in [0.2, 0.25) is 0 Å². The fraction of sp³-hybridized carbons (Fsp3) is 0. The fourth-order valence-corrected chi connectivity index (χ4v) is 3.34. The van der Waals surface area contributed by atoms with Crippen molar-refractivity contribution in [3.8, 4) is 11.3 Å². The smallest absolute Gasteiger partial charge is 0.0160 e. The molecule has 4 aromatic rings. The van der Waals surface area contributed by atoms with Gasteiger partial charge in [-0.05, 0) is 22.4 Å². The SMILES string of the molecule is [C-]=O.[Ir].[c-]1ccccc1-c1ccccn1.c1ccc(Pc2ccccc2)cc1. The molecular formula is C24H19IrNOP-2. The Labute approximate surface area is 182 Å². The Morgan fingerprint density at radius 2 is 1.21 bits per heavy atom. The zero-order valence-electron chi connectivity index (χ0n) is 15.1. The van der Waals surface area contributed by atoms with Crippen molar-refractivity contribution in [3.05, 3.63) is 115 Å². The molecule has 0 atom stereocenters. The van der Waals surface area contributed by atoms with E-state index in [0.29, 0.717) is 0 Å². The molecule has 4 rings (SSSR count). The number of carbonyl (C=O) groups excluding carboxylic acids is 1. The number of aromatic nitrogens is 1. The van der Waals surface area contributed by atoms with Crippen molar-refractivity contribution in [2.45, 2.75) is 0 Å². The van der Waals surface area contributed by atoms with Crippen LogP contribution in [0.25, 0.3) is 11.3 Å². The van der Waals surface area contributed by atoms with E-state index < -0.39 is 0 Å². The van der Waals surface area contributed by atoms with Crippen LogP contribution in [0.1, 0.15) is 0 Å². The van der Waals surface area contributed by atoms with Crippen LogP contribution in [0.4, 0.5) is 0 Å². The summed E-state index contributed by atoms with van der Waals surface area (Å²) in [4.78, 5) is 11.7. The van der Waals surface area contributed by atoms with Gasteiger partial charge >= 0.3 is 0 Å². The van der Waals surface area contributed by atoms with Crippen molar-refractivity contribution in [2.75, 3.05) is 0 Å². The van der Waals surface area contributed by atoms with Crippen LogP contribution in [0.15, 0.2) is 109 Å². The van der Waals surface area contributed by atoms with E-state index in [0.717, 1.165) is 19.8 Å². The molecule has 0 fully saturated rings. The zero-order chi connectivity index (χ0) is 19.2. The summed E-state index contributed by atoms with van der Waals surface area (Å²) in [6.07, 6.45) is 1.79.